The molecule has 3 aromatic carbocycles. The molecule has 8 heteroatoms. The molecule has 0 saturated carbocycles. The number of nitrogens with zero attached hydrogens (tertiary/aromatic N) is 1. The molecule has 0 amide bonds. The number of rotatable bonds is 6. The maximum absolute atomic E-state index is 12.2. The lowest BCUT2D eigenvalue weighted by Gasteiger charge is -2.27. The fraction of sp³-hybridized carbons (Fsp3) is 0.120. The zero-order chi connectivity index (χ0) is 23.4. The van der Waals surface area contributed by atoms with Crippen LogP contribution in [0, 0.1) is 11.3 Å². The first-order valence-electron chi connectivity index (χ1n) is 9.93. The number of nitrogens with two attached hydrogens (primary N) is 1. The van der Waals surface area contributed by atoms with Crippen LogP contribution in [0.2, 0.25) is 5.02 Å². The standard InChI is InChI=1S/C25H19ClN2O5/c1-30-17-6-2-4-15(10-17)24-20-9-8-19(12-22(20)33-25(28)21(24)13-27)32-23(29)14-31-18-7-3-5-16(26)11-18/h2-12,24H,14,28H2,1H3. The van der Waals surface area contributed by atoms with Crippen molar-refractivity contribution in [3.05, 3.63) is 94.3 Å². The Labute approximate surface area is 195 Å². The van der Waals surface area contributed by atoms with Gasteiger partial charge >= 0.3 is 5.97 Å². The molecule has 33 heavy (non-hydrogen) atoms. The predicted molar refractivity (Wildman–Crippen MR) is 121 cm³/mol. The summed E-state index contributed by atoms with van der Waals surface area (Å²) in [6.45, 7) is -0.300. The van der Waals surface area contributed by atoms with Gasteiger partial charge in [-0.25, -0.2) is 4.79 Å². The third-order valence-electron chi connectivity index (χ3n) is 5.00. The molecule has 1 aliphatic heterocycles. The summed E-state index contributed by atoms with van der Waals surface area (Å²) < 4.78 is 21.8. The molecule has 4 rings (SSSR count). The molecule has 0 spiro atoms. The van der Waals surface area contributed by atoms with Crippen LogP contribution in [0.15, 0.2) is 78.2 Å². The second-order valence-electron chi connectivity index (χ2n) is 7.12. The highest BCUT2D eigenvalue weighted by molar-refractivity contribution is 6.30. The van der Waals surface area contributed by atoms with Crippen LogP contribution in [0.3, 0.4) is 0 Å². The van der Waals surface area contributed by atoms with Crippen molar-refractivity contribution >= 4 is 17.6 Å². The Morgan fingerprint density at radius 3 is 2.64 bits per heavy atom. The van der Waals surface area contributed by atoms with E-state index in [1.165, 1.54) is 0 Å². The topological polar surface area (TPSA) is 104 Å². The maximum atomic E-state index is 12.2. The Kier molecular flexibility index (Phi) is 6.38. The first kappa shape index (κ1) is 22.1. The Bertz CT molecular complexity index is 1280. The van der Waals surface area contributed by atoms with Gasteiger partial charge in [0.05, 0.1) is 13.0 Å². The normalized spacial score (nSPS) is 14.5. The summed E-state index contributed by atoms with van der Waals surface area (Å²) >= 11 is 5.91. The third-order valence-corrected chi connectivity index (χ3v) is 5.24. The number of fused-ring (bicyclic) bond motifs is 1. The molecule has 1 aliphatic rings. The molecule has 1 heterocycles. The van der Waals surface area contributed by atoms with E-state index in [9.17, 15) is 10.1 Å². The summed E-state index contributed by atoms with van der Waals surface area (Å²) in [4.78, 5) is 12.2. The van der Waals surface area contributed by atoms with Crippen molar-refractivity contribution in [2.75, 3.05) is 13.7 Å². The number of carbonyl (C=O) groups is 1. The molecule has 2 N–H and O–H groups in total. The first-order chi connectivity index (χ1) is 16.0. The summed E-state index contributed by atoms with van der Waals surface area (Å²) in [7, 11) is 1.57. The lowest BCUT2D eigenvalue weighted by atomic mass is 9.83. The van der Waals surface area contributed by atoms with E-state index in [-0.39, 0.29) is 23.8 Å². The van der Waals surface area contributed by atoms with Gasteiger partial charge in [-0.05, 0) is 42.0 Å². The molecule has 0 fully saturated rings. The quantitative estimate of drug-likeness (QED) is 0.423. The van der Waals surface area contributed by atoms with Gasteiger partial charge in [-0.2, -0.15) is 5.26 Å². The van der Waals surface area contributed by atoms with Crippen molar-refractivity contribution < 1.29 is 23.7 Å². The van der Waals surface area contributed by atoms with Crippen LogP contribution < -0.4 is 24.7 Å². The van der Waals surface area contributed by atoms with Crippen molar-refractivity contribution in [1.29, 1.82) is 5.26 Å². The first-order valence-corrected chi connectivity index (χ1v) is 10.3. The summed E-state index contributed by atoms with van der Waals surface area (Å²) in [5, 5.41) is 10.2. The van der Waals surface area contributed by atoms with Crippen LogP contribution in [-0.4, -0.2) is 19.7 Å². The van der Waals surface area contributed by atoms with Crippen molar-refractivity contribution in [2.24, 2.45) is 5.73 Å². The van der Waals surface area contributed by atoms with Crippen molar-refractivity contribution in [2.45, 2.75) is 5.92 Å². The Hall–Kier alpha value is -4.15. The number of hydrogen-bond donors (Lipinski definition) is 1. The van der Waals surface area contributed by atoms with Gasteiger partial charge in [-0.1, -0.05) is 35.9 Å². The minimum absolute atomic E-state index is 0.00872. The maximum Gasteiger partial charge on any atom is 0.349 e. The van der Waals surface area contributed by atoms with Crippen LogP contribution in [0.1, 0.15) is 17.0 Å². The fourth-order valence-corrected chi connectivity index (χ4v) is 3.70. The average Bonchev–Trinajstić information content (AvgIpc) is 2.82. The summed E-state index contributed by atoms with van der Waals surface area (Å²) in [6, 6.07) is 21.2. The molecule has 0 aromatic heterocycles. The van der Waals surface area contributed by atoms with Gasteiger partial charge in [0.15, 0.2) is 6.61 Å². The van der Waals surface area contributed by atoms with Crippen LogP contribution in [0.4, 0.5) is 0 Å². The number of halogens is 1. The van der Waals surface area contributed by atoms with E-state index in [2.05, 4.69) is 6.07 Å². The minimum Gasteiger partial charge on any atom is -0.497 e. The van der Waals surface area contributed by atoms with Crippen molar-refractivity contribution in [3.8, 4) is 29.1 Å². The highest BCUT2D eigenvalue weighted by Crippen LogP contribution is 2.43. The molecular formula is C25H19ClN2O5. The zero-order valence-corrected chi connectivity index (χ0v) is 18.3. The van der Waals surface area contributed by atoms with Crippen LogP contribution >= 0.6 is 11.6 Å². The molecule has 0 radical (unpaired) electrons. The van der Waals surface area contributed by atoms with Gasteiger partial charge in [0.1, 0.15) is 34.6 Å². The molecule has 0 saturated heterocycles. The Balaban J connectivity index is 1.56. The molecule has 0 bridgehead atoms. The van der Waals surface area contributed by atoms with Crippen molar-refractivity contribution in [3.63, 3.8) is 0 Å². The fourth-order valence-electron chi connectivity index (χ4n) is 3.52. The average molecular weight is 463 g/mol. The smallest absolute Gasteiger partial charge is 0.349 e. The van der Waals surface area contributed by atoms with Gasteiger partial charge in [0, 0.05) is 16.7 Å². The number of methoxy groups -OCH3 is 1. The summed E-state index contributed by atoms with van der Waals surface area (Å²) in [5.41, 5.74) is 7.86. The van der Waals surface area contributed by atoms with Crippen LogP contribution in [0.5, 0.6) is 23.0 Å². The molecular weight excluding hydrogens is 444 g/mol. The third kappa shape index (κ3) is 4.86. The van der Waals surface area contributed by atoms with Crippen molar-refractivity contribution in [1.82, 2.24) is 0 Å². The Morgan fingerprint density at radius 1 is 1.09 bits per heavy atom. The molecule has 0 aliphatic carbocycles. The Morgan fingerprint density at radius 2 is 1.88 bits per heavy atom. The van der Waals surface area contributed by atoms with E-state index in [1.54, 1.807) is 49.6 Å². The zero-order valence-electron chi connectivity index (χ0n) is 17.6. The van der Waals surface area contributed by atoms with Gasteiger partial charge in [0.2, 0.25) is 5.88 Å². The van der Waals surface area contributed by atoms with Crippen LogP contribution in [-0.2, 0) is 4.79 Å². The summed E-state index contributed by atoms with van der Waals surface area (Å²) in [6.07, 6.45) is 0. The van der Waals surface area contributed by atoms with E-state index >= 15 is 0 Å². The summed E-state index contributed by atoms with van der Waals surface area (Å²) in [5.74, 6) is 0.691. The number of hydrogen-bond acceptors (Lipinski definition) is 7. The second-order valence-corrected chi connectivity index (χ2v) is 7.56. The highest BCUT2D eigenvalue weighted by Gasteiger charge is 2.31. The predicted octanol–water partition coefficient (Wildman–Crippen LogP) is 4.55. The van der Waals surface area contributed by atoms with Gasteiger partial charge in [-0.15, -0.1) is 0 Å². The van der Waals surface area contributed by atoms with E-state index in [4.69, 9.17) is 36.3 Å². The lowest BCUT2D eigenvalue weighted by molar-refractivity contribution is -0.136. The molecule has 1 atom stereocenters. The number of allylic oxidation sites excluding steroid dienone is 1. The highest BCUT2D eigenvalue weighted by atomic mass is 35.5. The number of ether oxygens (including phenoxy) is 4. The SMILES string of the molecule is COc1cccc(C2C(C#N)=C(N)Oc3cc(OC(=O)COc4cccc(Cl)c4)ccc32)c1. The number of esters is 1. The molecule has 1 unspecified atom stereocenters. The van der Waals surface area contributed by atoms with Gasteiger partial charge in [0.25, 0.3) is 0 Å². The van der Waals surface area contributed by atoms with Crippen LogP contribution in [0.25, 0.3) is 0 Å². The minimum atomic E-state index is -0.601. The molecule has 166 valence electrons. The number of carbonyl (C=O) groups excluding carboxylic acids is 1. The lowest BCUT2D eigenvalue weighted by Crippen LogP contribution is -2.21. The van der Waals surface area contributed by atoms with E-state index in [1.807, 2.05) is 24.3 Å². The monoisotopic (exact) mass is 462 g/mol. The molecule has 3 aromatic rings. The van der Waals surface area contributed by atoms with E-state index < -0.39 is 11.9 Å². The molecule has 7 nitrogen and oxygen atoms in total. The largest absolute Gasteiger partial charge is 0.497 e. The van der Waals surface area contributed by atoms with E-state index in [0.717, 1.165) is 5.56 Å². The van der Waals surface area contributed by atoms with E-state index in [0.29, 0.717) is 27.8 Å². The van der Waals surface area contributed by atoms with Gasteiger partial charge in [-0.3, -0.25) is 0 Å². The van der Waals surface area contributed by atoms with Gasteiger partial charge < -0.3 is 24.7 Å². The number of nitriles is 1. The number of benzene rings is 3. The second kappa shape index (κ2) is 9.55.